The number of unbranched alkanes of at least 4 members (excludes halogenated alkanes) is 2. The van der Waals surface area contributed by atoms with Crippen molar-refractivity contribution in [2.75, 3.05) is 30.3 Å². The van der Waals surface area contributed by atoms with Gasteiger partial charge in [-0.25, -0.2) is 14.3 Å². The van der Waals surface area contributed by atoms with E-state index in [0.717, 1.165) is 41.8 Å². The Kier molecular flexibility index (Phi) is 10.7. The van der Waals surface area contributed by atoms with Crippen LogP contribution < -0.4 is 10.6 Å². The Morgan fingerprint density at radius 3 is 2.27 bits per heavy atom. The van der Waals surface area contributed by atoms with Gasteiger partial charge in [-0.2, -0.15) is 5.10 Å². The van der Waals surface area contributed by atoms with Crippen LogP contribution in [0.5, 0.6) is 0 Å². The summed E-state index contributed by atoms with van der Waals surface area (Å²) in [6.45, 7) is 14.7. The first-order chi connectivity index (χ1) is 19.4. The molecule has 0 bridgehead atoms. The van der Waals surface area contributed by atoms with Crippen molar-refractivity contribution >= 4 is 29.4 Å². The zero-order valence-corrected chi connectivity index (χ0v) is 25.3. The van der Waals surface area contributed by atoms with Crippen LogP contribution in [0.1, 0.15) is 81.1 Å². The maximum atomic E-state index is 13.3. The second-order valence-electron chi connectivity index (χ2n) is 11.3. The van der Waals surface area contributed by atoms with Crippen molar-refractivity contribution in [2.24, 2.45) is 0 Å². The van der Waals surface area contributed by atoms with Crippen LogP contribution >= 0.6 is 0 Å². The molecule has 1 heterocycles. The molecule has 3 aromatic rings. The minimum absolute atomic E-state index is 0.126. The highest BCUT2D eigenvalue weighted by Gasteiger charge is 2.24. The Bertz CT molecular complexity index is 1360. The molecule has 0 aliphatic heterocycles. The van der Waals surface area contributed by atoms with Crippen molar-refractivity contribution in [1.29, 1.82) is 0 Å². The Morgan fingerprint density at radius 2 is 1.66 bits per heavy atom. The number of esters is 1. The van der Waals surface area contributed by atoms with Crippen molar-refractivity contribution in [3.8, 4) is 5.69 Å². The number of urea groups is 1. The maximum absolute atomic E-state index is 13.3. The predicted octanol–water partition coefficient (Wildman–Crippen LogP) is 6.63. The van der Waals surface area contributed by atoms with Gasteiger partial charge in [-0.05, 0) is 63.1 Å². The summed E-state index contributed by atoms with van der Waals surface area (Å²) >= 11 is 0. The monoisotopic (exact) mass is 561 g/mol. The molecule has 9 nitrogen and oxygen atoms in total. The number of aromatic nitrogens is 2. The van der Waals surface area contributed by atoms with E-state index in [-0.39, 0.29) is 24.5 Å². The van der Waals surface area contributed by atoms with Gasteiger partial charge in [0.15, 0.2) is 0 Å². The fraction of sp³-hybridized carbons (Fsp3) is 0.438. The van der Waals surface area contributed by atoms with Crippen molar-refractivity contribution in [2.45, 2.75) is 73.1 Å². The Labute approximate surface area is 243 Å². The fourth-order valence-electron chi connectivity index (χ4n) is 4.33. The number of nitrogens with one attached hydrogen (secondary N) is 2. The lowest BCUT2D eigenvalue weighted by Crippen LogP contribution is -2.41. The summed E-state index contributed by atoms with van der Waals surface area (Å²) in [5.74, 6) is -0.186. The van der Waals surface area contributed by atoms with Gasteiger partial charge in [0, 0.05) is 23.7 Å². The SMILES string of the molecule is CCCCCN(CC(=O)Nc1cc(C(C)(C)C)nn1-c1ccc(C)cc1C)C(=O)Nc1ccc(C(=O)OCC)cc1. The molecule has 3 rings (SSSR count). The van der Waals surface area contributed by atoms with E-state index in [1.807, 2.05) is 32.0 Å². The smallest absolute Gasteiger partial charge is 0.338 e. The third-order valence-electron chi connectivity index (χ3n) is 6.63. The highest BCUT2D eigenvalue weighted by Crippen LogP contribution is 2.28. The molecule has 2 N–H and O–H groups in total. The van der Waals surface area contributed by atoms with E-state index in [9.17, 15) is 14.4 Å². The average molecular weight is 562 g/mol. The van der Waals surface area contributed by atoms with Crippen LogP contribution in [0.25, 0.3) is 5.69 Å². The van der Waals surface area contributed by atoms with Gasteiger partial charge in [0.25, 0.3) is 0 Å². The highest BCUT2D eigenvalue weighted by atomic mass is 16.5. The van der Waals surface area contributed by atoms with Gasteiger partial charge in [-0.15, -0.1) is 0 Å². The summed E-state index contributed by atoms with van der Waals surface area (Å²) in [4.78, 5) is 40.0. The normalized spacial score (nSPS) is 11.2. The molecule has 2 aromatic carbocycles. The van der Waals surface area contributed by atoms with E-state index < -0.39 is 12.0 Å². The van der Waals surface area contributed by atoms with Crippen LogP contribution in [0.2, 0.25) is 0 Å². The van der Waals surface area contributed by atoms with Gasteiger partial charge in [-0.3, -0.25) is 4.79 Å². The van der Waals surface area contributed by atoms with Crippen LogP contribution in [0, 0.1) is 13.8 Å². The van der Waals surface area contributed by atoms with E-state index in [4.69, 9.17) is 9.84 Å². The predicted molar refractivity (Wildman–Crippen MR) is 163 cm³/mol. The Morgan fingerprint density at radius 1 is 0.951 bits per heavy atom. The quantitative estimate of drug-likeness (QED) is 0.202. The average Bonchev–Trinajstić information content (AvgIpc) is 3.32. The van der Waals surface area contributed by atoms with E-state index in [2.05, 4.69) is 44.4 Å². The van der Waals surface area contributed by atoms with E-state index in [1.54, 1.807) is 35.9 Å². The second-order valence-corrected chi connectivity index (χ2v) is 11.3. The van der Waals surface area contributed by atoms with Gasteiger partial charge in [-0.1, -0.05) is 58.2 Å². The first-order valence-corrected chi connectivity index (χ1v) is 14.2. The molecule has 3 amide bonds. The molecule has 0 spiro atoms. The molecule has 0 atom stereocenters. The lowest BCUT2D eigenvalue weighted by molar-refractivity contribution is -0.116. The number of anilines is 2. The largest absolute Gasteiger partial charge is 0.462 e. The summed E-state index contributed by atoms with van der Waals surface area (Å²) in [7, 11) is 0. The van der Waals surface area contributed by atoms with E-state index in [0.29, 0.717) is 23.6 Å². The zero-order chi connectivity index (χ0) is 30.2. The molecular formula is C32H43N5O4. The number of ether oxygens (including phenoxy) is 1. The Balaban J connectivity index is 1.79. The van der Waals surface area contributed by atoms with Crippen LogP contribution in [-0.4, -0.2) is 52.3 Å². The first kappa shape index (κ1) is 31.4. The van der Waals surface area contributed by atoms with Gasteiger partial charge in [0.1, 0.15) is 12.4 Å². The minimum Gasteiger partial charge on any atom is -0.462 e. The summed E-state index contributed by atoms with van der Waals surface area (Å²) in [6.07, 6.45) is 2.70. The number of benzene rings is 2. The molecule has 220 valence electrons. The number of aryl methyl sites for hydroxylation is 2. The molecule has 0 saturated heterocycles. The van der Waals surface area contributed by atoms with Gasteiger partial charge < -0.3 is 20.3 Å². The highest BCUT2D eigenvalue weighted by molar-refractivity contribution is 5.97. The van der Waals surface area contributed by atoms with Crippen LogP contribution in [0.3, 0.4) is 0 Å². The van der Waals surface area contributed by atoms with Crippen molar-refractivity contribution in [3.05, 3.63) is 70.9 Å². The number of hydrogen-bond acceptors (Lipinski definition) is 5. The fourth-order valence-corrected chi connectivity index (χ4v) is 4.33. The third-order valence-corrected chi connectivity index (χ3v) is 6.63. The van der Waals surface area contributed by atoms with Gasteiger partial charge in [0.05, 0.1) is 23.6 Å². The molecule has 0 aliphatic rings. The van der Waals surface area contributed by atoms with E-state index >= 15 is 0 Å². The van der Waals surface area contributed by atoms with Crippen LogP contribution in [-0.2, 0) is 14.9 Å². The van der Waals surface area contributed by atoms with Crippen molar-refractivity contribution in [1.82, 2.24) is 14.7 Å². The minimum atomic E-state index is -0.419. The lowest BCUT2D eigenvalue weighted by atomic mass is 9.92. The number of amides is 3. The van der Waals surface area contributed by atoms with Crippen LogP contribution in [0.4, 0.5) is 16.3 Å². The molecule has 1 aromatic heterocycles. The topological polar surface area (TPSA) is 106 Å². The molecule has 0 unspecified atom stereocenters. The number of hydrogen-bond donors (Lipinski definition) is 2. The van der Waals surface area contributed by atoms with Gasteiger partial charge >= 0.3 is 12.0 Å². The summed E-state index contributed by atoms with van der Waals surface area (Å²) in [5, 5.41) is 10.7. The first-order valence-electron chi connectivity index (χ1n) is 14.2. The van der Waals surface area contributed by atoms with Gasteiger partial charge in [0.2, 0.25) is 5.91 Å². The molecular weight excluding hydrogens is 518 g/mol. The number of carbonyl (C=O) groups is 3. The maximum Gasteiger partial charge on any atom is 0.338 e. The van der Waals surface area contributed by atoms with Crippen molar-refractivity contribution < 1.29 is 19.1 Å². The Hall–Kier alpha value is -4.14. The molecule has 0 fully saturated rings. The molecule has 0 saturated carbocycles. The second kappa shape index (κ2) is 14.0. The molecule has 0 radical (unpaired) electrons. The summed E-state index contributed by atoms with van der Waals surface area (Å²) in [5.41, 5.74) is 4.61. The van der Waals surface area contributed by atoms with Crippen LogP contribution in [0.15, 0.2) is 48.5 Å². The van der Waals surface area contributed by atoms with Crippen molar-refractivity contribution in [3.63, 3.8) is 0 Å². The molecule has 0 aliphatic carbocycles. The van der Waals surface area contributed by atoms with E-state index in [1.165, 1.54) is 4.90 Å². The number of carbonyl (C=O) groups excluding carboxylic acids is 3. The molecule has 41 heavy (non-hydrogen) atoms. The number of nitrogens with zero attached hydrogens (tertiary/aromatic N) is 3. The third kappa shape index (κ3) is 8.67. The molecule has 9 heteroatoms. The number of rotatable bonds is 11. The lowest BCUT2D eigenvalue weighted by Gasteiger charge is -2.23. The summed E-state index contributed by atoms with van der Waals surface area (Å²) < 4.78 is 6.78. The zero-order valence-electron chi connectivity index (χ0n) is 25.3. The summed E-state index contributed by atoms with van der Waals surface area (Å²) in [6, 6.07) is 14.1. The standard InChI is InChI=1S/C32H43N5O4/c1-8-10-11-18-36(31(40)33-25-15-13-24(14-16-25)30(39)41-9-2)21-29(38)34-28-20-27(32(5,6)7)35-37(28)26-17-12-22(3)19-23(26)4/h12-17,19-20H,8-11,18,21H2,1-7H3,(H,33,40)(H,34,38).